The van der Waals surface area contributed by atoms with Crippen LogP contribution >= 0.6 is 54.5 Å². The lowest BCUT2D eigenvalue weighted by Crippen LogP contribution is -2.25. The Kier molecular flexibility index (Phi) is 7.12. The van der Waals surface area contributed by atoms with Crippen molar-refractivity contribution < 1.29 is 0 Å². The maximum atomic E-state index is 4.59. The summed E-state index contributed by atoms with van der Waals surface area (Å²) in [6.45, 7) is 3.16. The lowest BCUT2D eigenvalue weighted by Gasteiger charge is -2.19. The zero-order chi connectivity index (χ0) is 15.2. The Morgan fingerprint density at radius 3 is 2.57 bits per heavy atom. The minimum absolute atomic E-state index is 0.215. The smallest absolute Gasteiger partial charge is 0.0719 e. The second-order valence-electron chi connectivity index (χ2n) is 4.86. The fourth-order valence-electron chi connectivity index (χ4n) is 2.12. The van der Waals surface area contributed by atoms with Gasteiger partial charge in [-0.05, 0) is 97.6 Å². The number of aromatic nitrogens is 1. The molecular formula is C16H17Br2IN2. The van der Waals surface area contributed by atoms with Crippen molar-refractivity contribution in [2.75, 3.05) is 6.54 Å². The molecule has 1 N–H and O–H groups in total. The highest BCUT2D eigenvalue weighted by atomic mass is 127. The minimum Gasteiger partial charge on any atom is -0.308 e. The predicted octanol–water partition coefficient (Wildman–Crippen LogP) is 5.49. The Hall–Kier alpha value is 0.0200. The first kappa shape index (κ1) is 17.4. The van der Waals surface area contributed by atoms with E-state index in [4.69, 9.17) is 0 Å². The van der Waals surface area contributed by atoms with E-state index in [2.05, 4.69) is 102 Å². The van der Waals surface area contributed by atoms with Gasteiger partial charge >= 0.3 is 0 Å². The molecule has 0 bridgehead atoms. The third kappa shape index (κ3) is 5.30. The molecule has 5 heteroatoms. The van der Waals surface area contributed by atoms with Crippen molar-refractivity contribution in [1.29, 1.82) is 0 Å². The van der Waals surface area contributed by atoms with Crippen LogP contribution in [0.2, 0.25) is 0 Å². The van der Waals surface area contributed by atoms with Crippen molar-refractivity contribution in [3.05, 3.63) is 60.3 Å². The normalized spacial score (nSPS) is 12.4. The number of benzene rings is 1. The van der Waals surface area contributed by atoms with Crippen LogP contribution < -0.4 is 5.32 Å². The van der Waals surface area contributed by atoms with Crippen molar-refractivity contribution in [2.45, 2.75) is 25.8 Å². The van der Waals surface area contributed by atoms with Gasteiger partial charge in [-0.1, -0.05) is 19.1 Å². The summed E-state index contributed by atoms with van der Waals surface area (Å²) in [6.07, 6.45) is 3.90. The molecule has 0 saturated carbocycles. The second-order valence-corrected chi connectivity index (χ2v) is 7.87. The molecule has 112 valence electrons. The summed E-state index contributed by atoms with van der Waals surface area (Å²) in [5.41, 5.74) is 2.38. The Morgan fingerprint density at radius 1 is 1.24 bits per heavy atom. The molecule has 0 saturated heterocycles. The lowest BCUT2D eigenvalue weighted by atomic mass is 10.0. The standard InChI is InChI=1S/C16H17Br2IN2/c1-2-7-20-15(8-11-3-5-13(19)6-4-11)16-14(18)9-12(17)10-21-16/h3-6,9-10,15,20H,2,7-8H2,1H3. The van der Waals surface area contributed by atoms with Gasteiger partial charge in [0.1, 0.15) is 0 Å². The molecule has 21 heavy (non-hydrogen) atoms. The van der Waals surface area contributed by atoms with Gasteiger partial charge in [-0.2, -0.15) is 0 Å². The lowest BCUT2D eigenvalue weighted by molar-refractivity contribution is 0.515. The molecule has 0 aliphatic carbocycles. The van der Waals surface area contributed by atoms with E-state index in [0.29, 0.717) is 0 Å². The summed E-state index contributed by atoms with van der Waals surface area (Å²) in [5, 5.41) is 3.60. The predicted molar refractivity (Wildman–Crippen MR) is 104 cm³/mol. The number of hydrogen-bond acceptors (Lipinski definition) is 2. The molecule has 0 amide bonds. The van der Waals surface area contributed by atoms with Gasteiger partial charge in [-0.15, -0.1) is 0 Å². The van der Waals surface area contributed by atoms with Crippen molar-refractivity contribution >= 4 is 54.5 Å². The molecule has 2 rings (SSSR count). The molecule has 2 nitrogen and oxygen atoms in total. The third-order valence-electron chi connectivity index (χ3n) is 3.16. The number of nitrogens with zero attached hydrogens (tertiary/aromatic N) is 1. The first-order valence-electron chi connectivity index (χ1n) is 6.89. The quantitative estimate of drug-likeness (QED) is 0.506. The molecule has 1 aromatic heterocycles. The maximum absolute atomic E-state index is 4.59. The van der Waals surface area contributed by atoms with Gasteiger partial charge in [0.15, 0.2) is 0 Å². The van der Waals surface area contributed by atoms with Crippen LogP contribution in [0.1, 0.15) is 30.6 Å². The number of halogens is 3. The molecule has 0 aliphatic rings. The van der Waals surface area contributed by atoms with Gasteiger partial charge in [-0.3, -0.25) is 4.98 Å². The van der Waals surface area contributed by atoms with Crippen LogP contribution in [0.25, 0.3) is 0 Å². The SMILES string of the molecule is CCCNC(Cc1ccc(I)cc1)c1ncc(Br)cc1Br. The second kappa shape index (κ2) is 8.60. The van der Waals surface area contributed by atoms with Crippen molar-refractivity contribution in [1.82, 2.24) is 10.3 Å². The molecule has 1 atom stereocenters. The van der Waals surface area contributed by atoms with E-state index in [0.717, 1.165) is 34.0 Å². The zero-order valence-electron chi connectivity index (χ0n) is 11.7. The first-order valence-corrected chi connectivity index (χ1v) is 9.55. The Bertz CT molecular complexity index is 587. The van der Waals surface area contributed by atoms with Crippen molar-refractivity contribution in [3.63, 3.8) is 0 Å². The molecule has 0 aliphatic heterocycles. The molecular weight excluding hydrogens is 507 g/mol. The van der Waals surface area contributed by atoms with Crippen molar-refractivity contribution in [3.8, 4) is 0 Å². The van der Waals surface area contributed by atoms with Gasteiger partial charge in [0.05, 0.1) is 11.7 Å². The number of hydrogen-bond donors (Lipinski definition) is 1. The van der Waals surface area contributed by atoms with Crippen LogP contribution in [0, 0.1) is 3.57 Å². The van der Waals surface area contributed by atoms with E-state index in [1.54, 1.807) is 0 Å². The minimum atomic E-state index is 0.215. The van der Waals surface area contributed by atoms with E-state index in [-0.39, 0.29) is 6.04 Å². The summed E-state index contributed by atoms with van der Waals surface area (Å²) < 4.78 is 3.29. The van der Waals surface area contributed by atoms with E-state index in [1.165, 1.54) is 9.13 Å². The molecule has 1 aromatic carbocycles. The number of pyridine rings is 1. The zero-order valence-corrected chi connectivity index (χ0v) is 17.1. The monoisotopic (exact) mass is 522 g/mol. The van der Waals surface area contributed by atoms with Crippen LogP contribution in [0.15, 0.2) is 45.5 Å². The summed E-state index contributed by atoms with van der Waals surface area (Å²) in [7, 11) is 0. The van der Waals surface area contributed by atoms with Crippen LogP contribution in [-0.2, 0) is 6.42 Å². The summed E-state index contributed by atoms with van der Waals surface area (Å²) in [4.78, 5) is 4.59. The van der Waals surface area contributed by atoms with E-state index < -0.39 is 0 Å². The number of rotatable bonds is 6. The van der Waals surface area contributed by atoms with Gasteiger partial charge in [-0.25, -0.2) is 0 Å². The van der Waals surface area contributed by atoms with Crippen LogP contribution in [0.5, 0.6) is 0 Å². The summed E-state index contributed by atoms with van der Waals surface area (Å²) >= 11 is 9.42. The van der Waals surface area contributed by atoms with Gasteiger partial charge in [0.25, 0.3) is 0 Å². The van der Waals surface area contributed by atoms with Crippen LogP contribution in [0.4, 0.5) is 0 Å². The summed E-state index contributed by atoms with van der Waals surface area (Å²) in [5.74, 6) is 0. The molecule has 1 unspecified atom stereocenters. The molecule has 1 heterocycles. The van der Waals surface area contributed by atoms with Crippen LogP contribution in [-0.4, -0.2) is 11.5 Å². The maximum Gasteiger partial charge on any atom is 0.0719 e. The summed E-state index contributed by atoms with van der Waals surface area (Å²) in [6, 6.07) is 10.9. The molecule has 0 fully saturated rings. The molecule has 0 spiro atoms. The highest BCUT2D eigenvalue weighted by molar-refractivity contribution is 14.1. The van der Waals surface area contributed by atoms with Crippen molar-refractivity contribution in [2.24, 2.45) is 0 Å². The average molecular weight is 524 g/mol. The van der Waals surface area contributed by atoms with Gasteiger partial charge in [0, 0.05) is 18.7 Å². The Labute approximate surface area is 156 Å². The van der Waals surface area contributed by atoms with Crippen LogP contribution in [0.3, 0.4) is 0 Å². The Morgan fingerprint density at radius 2 is 1.95 bits per heavy atom. The largest absolute Gasteiger partial charge is 0.308 e. The molecule has 0 radical (unpaired) electrons. The average Bonchev–Trinajstić information content (AvgIpc) is 2.46. The van der Waals surface area contributed by atoms with E-state index in [9.17, 15) is 0 Å². The Balaban J connectivity index is 2.22. The fraction of sp³-hybridized carbons (Fsp3) is 0.312. The van der Waals surface area contributed by atoms with E-state index in [1.807, 2.05) is 6.20 Å². The third-order valence-corrected chi connectivity index (χ3v) is 4.95. The highest BCUT2D eigenvalue weighted by Gasteiger charge is 2.16. The first-order chi connectivity index (χ1) is 10.1. The van der Waals surface area contributed by atoms with E-state index >= 15 is 0 Å². The highest BCUT2D eigenvalue weighted by Crippen LogP contribution is 2.27. The topological polar surface area (TPSA) is 24.9 Å². The number of nitrogens with one attached hydrogen (secondary N) is 1. The van der Waals surface area contributed by atoms with Gasteiger partial charge in [0.2, 0.25) is 0 Å². The fourth-order valence-corrected chi connectivity index (χ4v) is 3.75. The van der Waals surface area contributed by atoms with Gasteiger partial charge < -0.3 is 5.32 Å². The molecule has 2 aromatic rings.